The maximum Gasteiger partial charge on any atom is 0.273 e. The van der Waals surface area contributed by atoms with Gasteiger partial charge in [-0.1, -0.05) is 6.92 Å². The van der Waals surface area contributed by atoms with E-state index in [1.165, 1.54) is 23.5 Å². The van der Waals surface area contributed by atoms with Crippen molar-refractivity contribution in [1.82, 2.24) is 4.98 Å². The summed E-state index contributed by atoms with van der Waals surface area (Å²) in [6.07, 6.45) is 5.87. The van der Waals surface area contributed by atoms with Crippen molar-refractivity contribution in [2.45, 2.75) is 64.7 Å². The number of nitrogens with zero attached hydrogens (tertiary/aromatic N) is 2. The number of thiazole rings is 1. The van der Waals surface area contributed by atoms with Crippen molar-refractivity contribution >= 4 is 33.8 Å². The van der Waals surface area contributed by atoms with Crippen LogP contribution in [-0.2, 0) is 16.0 Å². The monoisotopic (exact) mass is 483 g/mol. The van der Waals surface area contributed by atoms with Gasteiger partial charge < -0.3 is 10.4 Å². The highest BCUT2D eigenvalue weighted by Crippen LogP contribution is 2.63. The number of nitro benzene ring substituents is 1. The molecule has 2 saturated carbocycles. The normalized spacial score (nSPS) is 29.8. The van der Waals surface area contributed by atoms with Crippen LogP contribution >= 0.6 is 11.3 Å². The summed E-state index contributed by atoms with van der Waals surface area (Å²) in [5.41, 5.74) is 0.985. The Morgan fingerprint density at radius 3 is 2.88 bits per heavy atom. The van der Waals surface area contributed by atoms with Crippen LogP contribution in [0.25, 0.3) is 0 Å². The number of aromatic hydroxyl groups is 1. The average molecular weight is 484 g/mol. The SMILES string of the molecule is Cc1cnc(NC(=O)CC[C@@H]2CC(=O)[C@@]3(C)CCC4c5c([N+](=O)[O-])ccc(O)c5CCC4C23)s1. The number of phenols is 1. The van der Waals surface area contributed by atoms with Gasteiger partial charge >= 0.3 is 0 Å². The number of hydrogen-bond donors (Lipinski definition) is 2. The van der Waals surface area contributed by atoms with Gasteiger partial charge in [-0.3, -0.25) is 19.7 Å². The summed E-state index contributed by atoms with van der Waals surface area (Å²) < 4.78 is 0. The van der Waals surface area contributed by atoms with Crippen molar-refractivity contribution in [3.8, 4) is 5.75 Å². The van der Waals surface area contributed by atoms with Gasteiger partial charge in [0.1, 0.15) is 11.5 Å². The van der Waals surface area contributed by atoms with E-state index in [9.17, 15) is 24.8 Å². The average Bonchev–Trinajstić information content (AvgIpc) is 3.31. The number of carbonyl (C=O) groups excluding carboxylic acids is 2. The van der Waals surface area contributed by atoms with Crippen LogP contribution in [0.3, 0.4) is 0 Å². The van der Waals surface area contributed by atoms with Crippen molar-refractivity contribution in [2.24, 2.45) is 23.2 Å². The Morgan fingerprint density at radius 1 is 1.38 bits per heavy atom. The fourth-order valence-electron chi connectivity index (χ4n) is 7.07. The number of hydrogen-bond acceptors (Lipinski definition) is 7. The number of amides is 1. The van der Waals surface area contributed by atoms with Crippen molar-refractivity contribution in [3.63, 3.8) is 0 Å². The molecule has 0 spiro atoms. The maximum absolute atomic E-state index is 13.2. The summed E-state index contributed by atoms with van der Waals surface area (Å²) in [6, 6.07) is 2.83. The first-order chi connectivity index (χ1) is 16.2. The lowest BCUT2D eigenvalue weighted by Crippen LogP contribution is -2.44. The zero-order valence-electron chi connectivity index (χ0n) is 19.4. The zero-order valence-corrected chi connectivity index (χ0v) is 20.2. The number of ketones is 1. The number of rotatable bonds is 5. The van der Waals surface area contributed by atoms with Crippen LogP contribution in [0.15, 0.2) is 18.3 Å². The second-order valence-corrected chi connectivity index (χ2v) is 11.5. The topological polar surface area (TPSA) is 122 Å². The molecule has 1 aromatic heterocycles. The standard InChI is InChI=1S/C25H29N3O5S/c1-13-12-26-24(34-13)27-21(31)8-3-14-11-20(30)25(2)10-9-15-16(23(14)25)4-5-17-19(29)7-6-18(22(15)17)28(32)33/h6-7,12,14-16,23,29H,3-5,8-11H2,1-2H3,(H,26,27,31)/t14-,15?,16?,23?,25-/m1/s1. The highest BCUT2D eigenvalue weighted by molar-refractivity contribution is 7.15. The van der Waals surface area contributed by atoms with E-state index in [-0.39, 0.29) is 51.7 Å². The number of phenolic OH excluding ortho intramolecular Hbond substituents is 1. The Balaban J connectivity index is 1.40. The van der Waals surface area contributed by atoms with E-state index >= 15 is 0 Å². The zero-order chi connectivity index (χ0) is 24.2. The first-order valence-electron chi connectivity index (χ1n) is 11.9. The van der Waals surface area contributed by atoms with E-state index < -0.39 is 5.41 Å². The lowest BCUT2D eigenvalue weighted by Gasteiger charge is -2.49. The van der Waals surface area contributed by atoms with Crippen molar-refractivity contribution < 1.29 is 19.6 Å². The van der Waals surface area contributed by atoms with Gasteiger partial charge in [0.2, 0.25) is 5.91 Å². The number of anilines is 1. The Bertz CT molecular complexity index is 1180. The molecule has 3 aliphatic rings. The molecule has 34 heavy (non-hydrogen) atoms. The molecule has 5 rings (SSSR count). The van der Waals surface area contributed by atoms with Crippen LogP contribution in [0.5, 0.6) is 5.75 Å². The fraction of sp³-hybridized carbons (Fsp3) is 0.560. The van der Waals surface area contributed by atoms with E-state index in [2.05, 4.69) is 17.2 Å². The van der Waals surface area contributed by atoms with Gasteiger partial charge in [0, 0.05) is 46.5 Å². The van der Waals surface area contributed by atoms with E-state index in [4.69, 9.17) is 0 Å². The van der Waals surface area contributed by atoms with Crippen LogP contribution in [0.4, 0.5) is 10.8 Å². The number of aryl methyl sites for hydroxylation is 1. The lowest BCUT2D eigenvalue weighted by atomic mass is 9.53. The van der Waals surface area contributed by atoms with Gasteiger partial charge in [0.25, 0.3) is 5.69 Å². The number of carbonyl (C=O) groups is 2. The molecule has 3 aliphatic carbocycles. The number of nitrogens with one attached hydrogen (secondary N) is 1. The molecule has 2 fully saturated rings. The Labute approximate surface area is 201 Å². The number of Topliss-reactive ketones (excluding diaryl/α,β-unsaturated/α-hetero) is 1. The molecule has 9 heteroatoms. The molecule has 2 N–H and O–H groups in total. The third-order valence-electron chi connectivity index (χ3n) is 8.50. The first kappa shape index (κ1) is 23.0. The molecule has 2 aromatic rings. The molecule has 0 saturated heterocycles. The summed E-state index contributed by atoms with van der Waals surface area (Å²) in [4.78, 5) is 42.4. The summed E-state index contributed by atoms with van der Waals surface area (Å²) in [7, 11) is 0. The third-order valence-corrected chi connectivity index (χ3v) is 9.32. The largest absolute Gasteiger partial charge is 0.508 e. The number of nitro groups is 1. The third kappa shape index (κ3) is 3.70. The van der Waals surface area contributed by atoms with E-state index in [1.807, 2.05) is 6.92 Å². The molecule has 0 radical (unpaired) electrons. The van der Waals surface area contributed by atoms with Crippen LogP contribution in [0, 0.1) is 40.2 Å². The maximum atomic E-state index is 13.2. The molecular formula is C25H29N3O5S. The summed E-state index contributed by atoms with van der Waals surface area (Å²) in [5, 5.41) is 25.7. The molecule has 3 unspecified atom stereocenters. The Hall–Kier alpha value is -2.81. The number of fused-ring (bicyclic) bond motifs is 5. The lowest BCUT2D eigenvalue weighted by molar-refractivity contribution is -0.386. The molecule has 0 bridgehead atoms. The van der Waals surface area contributed by atoms with Crippen LogP contribution in [0.1, 0.15) is 67.4 Å². The smallest absolute Gasteiger partial charge is 0.273 e. The first-order valence-corrected chi connectivity index (χ1v) is 12.8. The van der Waals surface area contributed by atoms with E-state index in [1.54, 1.807) is 6.20 Å². The molecule has 1 aromatic carbocycles. The van der Waals surface area contributed by atoms with Gasteiger partial charge in [-0.25, -0.2) is 4.98 Å². The second kappa shape index (κ2) is 8.45. The van der Waals surface area contributed by atoms with Crippen LogP contribution < -0.4 is 5.32 Å². The molecular weight excluding hydrogens is 454 g/mol. The number of aromatic nitrogens is 1. The van der Waals surface area contributed by atoms with Gasteiger partial charge in [0.05, 0.1) is 4.92 Å². The minimum Gasteiger partial charge on any atom is -0.508 e. The molecule has 1 heterocycles. The molecule has 0 aliphatic heterocycles. The summed E-state index contributed by atoms with van der Waals surface area (Å²) in [5.74, 6) is 0.532. The minimum atomic E-state index is -0.447. The van der Waals surface area contributed by atoms with Crippen molar-refractivity contribution in [1.29, 1.82) is 0 Å². The van der Waals surface area contributed by atoms with Gasteiger partial charge in [0.15, 0.2) is 5.13 Å². The van der Waals surface area contributed by atoms with Crippen LogP contribution in [-0.4, -0.2) is 26.7 Å². The fourth-order valence-corrected chi connectivity index (χ4v) is 7.75. The predicted octanol–water partition coefficient (Wildman–Crippen LogP) is 5.14. The number of benzene rings is 1. The van der Waals surface area contributed by atoms with E-state index in [0.29, 0.717) is 54.8 Å². The molecule has 5 atom stereocenters. The highest BCUT2D eigenvalue weighted by Gasteiger charge is 2.59. The summed E-state index contributed by atoms with van der Waals surface area (Å²) in [6.45, 7) is 3.99. The minimum absolute atomic E-state index is 0.0464. The van der Waals surface area contributed by atoms with Crippen LogP contribution in [0.2, 0.25) is 0 Å². The Kier molecular flexibility index (Phi) is 5.70. The highest BCUT2D eigenvalue weighted by atomic mass is 32.1. The molecule has 180 valence electrons. The predicted molar refractivity (Wildman–Crippen MR) is 128 cm³/mol. The molecule has 1 amide bonds. The van der Waals surface area contributed by atoms with Gasteiger partial charge in [-0.15, -0.1) is 11.3 Å². The second-order valence-electron chi connectivity index (χ2n) is 10.3. The Morgan fingerprint density at radius 2 is 2.18 bits per heavy atom. The van der Waals surface area contributed by atoms with Crippen molar-refractivity contribution in [2.75, 3.05) is 5.32 Å². The molecule has 8 nitrogen and oxygen atoms in total. The van der Waals surface area contributed by atoms with Gasteiger partial charge in [-0.2, -0.15) is 0 Å². The van der Waals surface area contributed by atoms with E-state index in [0.717, 1.165) is 11.3 Å². The van der Waals surface area contributed by atoms with Gasteiger partial charge in [-0.05, 0) is 68.8 Å². The summed E-state index contributed by atoms with van der Waals surface area (Å²) >= 11 is 1.43. The van der Waals surface area contributed by atoms with Crippen molar-refractivity contribution in [3.05, 3.63) is 44.4 Å². The quantitative estimate of drug-likeness (QED) is 0.449.